The molecule has 0 bridgehead atoms. The van der Waals surface area contributed by atoms with E-state index in [0.717, 1.165) is 24.9 Å². The molecule has 0 radical (unpaired) electrons. The van der Waals surface area contributed by atoms with Gasteiger partial charge in [-0.25, -0.2) is 4.79 Å². The summed E-state index contributed by atoms with van der Waals surface area (Å²) in [6.07, 6.45) is 7.46. The molecule has 3 nitrogen and oxygen atoms in total. The molecule has 1 aliphatic rings. The molecule has 0 amide bonds. The van der Waals surface area contributed by atoms with Crippen LogP contribution in [0.1, 0.15) is 26.2 Å². The predicted molar refractivity (Wildman–Crippen MR) is 82.0 cm³/mol. The number of rotatable bonds is 5. The van der Waals surface area contributed by atoms with Gasteiger partial charge in [-0.3, -0.25) is 0 Å². The first-order valence-electron chi connectivity index (χ1n) is 7.06. The molecule has 1 aliphatic carbocycles. The molecule has 2 atom stereocenters. The first-order valence-corrected chi connectivity index (χ1v) is 7.44. The lowest BCUT2D eigenvalue weighted by Crippen LogP contribution is -2.38. The Hall–Kier alpha value is -1.48. The second-order valence-corrected chi connectivity index (χ2v) is 5.34. The monoisotopic (exact) mass is 293 g/mol. The van der Waals surface area contributed by atoms with E-state index >= 15 is 0 Å². The van der Waals surface area contributed by atoms with Gasteiger partial charge in [0.25, 0.3) is 0 Å². The third-order valence-electron chi connectivity index (χ3n) is 3.43. The highest BCUT2D eigenvalue weighted by Crippen LogP contribution is 2.24. The number of hydrogen-bond acceptors (Lipinski definition) is 3. The van der Waals surface area contributed by atoms with Crippen LogP contribution in [0.3, 0.4) is 0 Å². The lowest BCUT2D eigenvalue weighted by Gasteiger charge is -2.26. The largest absolute Gasteiger partial charge is 0.464 e. The van der Waals surface area contributed by atoms with Crippen molar-refractivity contribution in [2.75, 3.05) is 11.9 Å². The Bertz CT molecular complexity index is 470. The third kappa shape index (κ3) is 4.01. The van der Waals surface area contributed by atoms with Crippen molar-refractivity contribution in [1.82, 2.24) is 0 Å². The summed E-state index contributed by atoms with van der Waals surface area (Å²) in [5.41, 5.74) is 0.881. The second kappa shape index (κ2) is 7.34. The topological polar surface area (TPSA) is 38.3 Å². The Balaban J connectivity index is 2.13. The van der Waals surface area contributed by atoms with E-state index in [-0.39, 0.29) is 17.9 Å². The highest BCUT2D eigenvalue weighted by Gasteiger charge is 2.28. The number of esters is 1. The molecular formula is C16H20ClNO2. The summed E-state index contributed by atoms with van der Waals surface area (Å²) in [7, 11) is 0. The fraction of sp³-hybridized carbons (Fsp3) is 0.438. The molecule has 108 valence electrons. The van der Waals surface area contributed by atoms with Crippen LogP contribution in [-0.4, -0.2) is 18.6 Å². The van der Waals surface area contributed by atoms with E-state index in [0.29, 0.717) is 11.6 Å². The molecule has 0 fully saturated rings. The van der Waals surface area contributed by atoms with Gasteiger partial charge in [0.15, 0.2) is 0 Å². The summed E-state index contributed by atoms with van der Waals surface area (Å²) in [6, 6.07) is 7.03. The van der Waals surface area contributed by atoms with E-state index < -0.39 is 0 Å². The predicted octanol–water partition coefficient (Wildman–Crippen LogP) is 4.04. The maximum Gasteiger partial charge on any atom is 0.329 e. The highest BCUT2D eigenvalue weighted by molar-refractivity contribution is 6.30. The molecule has 1 aromatic rings. The summed E-state index contributed by atoms with van der Waals surface area (Å²) in [5.74, 6) is -0.0162. The fourth-order valence-electron chi connectivity index (χ4n) is 2.41. The zero-order chi connectivity index (χ0) is 14.4. The normalized spacial score (nSPS) is 19.4. The number of halogens is 1. The maximum absolute atomic E-state index is 12.2. The van der Waals surface area contributed by atoms with Crippen molar-refractivity contribution in [3.05, 3.63) is 41.4 Å². The van der Waals surface area contributed by atoms with Gasteiger partial charge >= 0.3 is 5.97 Å². The van der Waals surface area contributed by atoms with E-state index in [2.05, 4.69) is 17.5 Å². The zero-order valence-electron chi connectivity index (χ0n) is 11.6. The molecule has 0 aliphatic heterocycles. The smallest absolute Gasteiger partial charge is 0.329 e. The van der Waals surface area contributed by atoms with Crippen LogP contribution in [0.2, 0.25) is 5.02 Å². The van der Waals surface area contributed by atoms with Crippen molar-refractivity contribution in [3.8, 4) is 0 Å². The number of carbonyl (C=O) groups excluding carboxylic acids is 1. The van der Waals surface area contributed by atoms with Crippen molar-refractivity contribution in [1.29, 1.82) is 0 Å². The van der Waals surface area contributed by atoms with Crippen LogP contribution >= 0.6 is 11.6 Å². The number of benzene rings is 1. The molecule has 0 saturated carbocycles. The molecule has 2 rings (SSSR count). The van der Waals surface area contributed by atoms with Crippen LogP contribution in [0.15, 0.2) is 36.4 Å². The number of anilines is 1. The van der Waals surface area contributed by atoms with Gasteiger partial charge in [-0.15, -0.1) is 0 Å². The Labute approximate surface area is 125 Å². The van der Waals surface area contributed by atoms with Gasteiger partial charge in [-0.05, 0) is 50.5 Å². The molecular weight excluding hydrogens is 274 g/mol. The number of allylic oxidation sites excluding steroid dienone is 1. The summed E-state index contributed by atoms with van der Waals surface area (Å²) in [5, 5.41) is 3.96. The third-order valence-corrected chi connectivity index (χ3v) is 3.68. The number of carbonyl (C=O) groups is 1. The van der Waals surface area contributed by atoms with Gasteiger partial charge < -0.3 is 10.1 Å². The van der Waals surface area contributed by atoms with E-state index in [9.17, 15) is 4.79 Å². The Kier molecular flexibility index (Phi) is 5.48. The van der Waals surface area contributed by atoms with Crippen LogP contribution in [0.25, 0.3) is 0 Å². The Morgan fingerprint density at radius 1 is 1.45 bits per heavy atom. The molecule has 0 aromatic heterocycles. The minimum Gasteiger partial charge on any atom is -0.464 e. The van der Waals surface area contributed by atoms with Crippen LogP contribution in [-0.2, 0) is 9.53 Å². The minimum atomic E-state index is -0.340. The molecule has 1 N–H and O–H groups in total. The highest BCUT2D eigenvalue weighted by atomic mass is 35.5. The first kappa shape index (κ1) is 14.9. The van der Waals surface area contributed by atoms with Crippen molar-refractivity contribution < 1.29 is 9.53 Å². The number of nitrogens with one attached hydrogen (secondary N) is 1. The van der Waals surface area contributed by atoms with Crippen LogP contribution in [0.5, 0.6) is 0 Å². The molecule has 0 heterocycles. The fourth-order valence-corrected chi connectivity index (χ4v) is 2.54. The standard InChI is InChI=1S/C16H20ClNO2/c1-2-20-16(19)15(12-6-4-3-5-7-12)18-14-10-8-13(17)9-11-14/h4,6,8-12,15,18H,2-3,5,7H2,1H3/t12-,15+/m0/s1. The minimum absolute atomic E-state index is 0.179. The van der Waals surface area contributed by atoms with E-state index in [1.165, 1.54) is 0 Å². The quantitative estimate of drug-likeness (QED) is 0.658. The molecule has 0 spiro atoms. The van der Waals surface area contributed by atoms with Gasteiger partial charge in [0.05, 0.1) is 6.61 Å². The molecule has 0 unspecified atom stereocenters. The van der Waals surface area contributed by atoms with Gasteiger partial charge in [0, 0.05) is 16.6 Å². The molecule has 20 heavy (non-hydrogen) atoms. The lowest BCUT2D eigenvalue weighted by atomic mass is 9.89. The van der Waals surface area contributed by atoms with E-state index in [1.807, 2.05) is 31.2 Å². The van der Waals surface area contributed by atoms with Gasteiger partial charge in [-0.1, -0.05) is 23.8 Å². The average molecular weight is 294 g/mol. The van der Waals surface area contributed by atoms with Crippen LogP contribution in [0, 0.1) is 5.92 Å². The van der Waals surface area contributed by atoms with E-state index in [1.54, 1.807) is 0 Å². The van der Waals surface area contributed by atoms with Crippen molar-refractivity contribution >= 4 is 23.3 Å². The summed E-state index contributed by atoms with van der Waals surface area (Å²) >= 11 is 5.88. The second-order valence-electron chi connectivity index (χ2n) is 4.90. The molecule has 4 heteroatoms. The Morgan fingerprint density at radius 3 is 2.80 bits per heavy atom. The molecule has 0 saturated heterocycles. The van der Waals surface area contributed by atoms with Gasteiger partial charge in [0.2, 0.25) is 0 Å². The van der Waals surface area contributed by atoms with Gasteiger partial charge in [-0.2, -0.15) is 0 Å². The summed E-state index contributed by atoms with van der Waals surface area (Å²) in [6.45, 7) is 2.22. The van der Waals surface area contributed by atoms with Crippen molar-refractivity contribution in [3.63, 3.8) is 0 Å². The SMILES string of the molecule is CCOC(=O)[C@H](Nc1ccc(Cl)cc1)[C@H]1C=CCCC1. The summed E-state index contributed by atoms with van der Waals surface area (Å²) in [4.78, 5) is 12.2. The summed E-state index contributed by atoms with van der Waals surface area (Å²) < 4.78 is 5.19. The number of ether oxygens (including phenoxy) is 1. The average Bonchev–Trinajstić information content (AvgIpc) is 2.48. The van der Waals surface area contributed by atoms with Crippen LogP contribution in [0.4, 0.5) is 5.69 Å². The zero-order valence-corrected chi connectivity index (χ0v) is 12.4. The Morgan fingerprint density at radius 2 is 2.20 bits per heavy atom. The first-order chi connectivity index (χ1) is 9.70. The van der Waals surface area contributed by atoms with Crippen molar-refractivity contribution in [2.24, 2.45) is 5.92 Å². The van der Waals surface area contributed by atoms with Gasteiger partial charge in [0.1, 0.15) is 6.04 Å². The van der Waals surface area contributed by atoms with Crippen LogP contribution < -0.4 is 5.32 Å². The molecule has 1 aromatic carbocycles. The van der Waals surface area contributed by atoms with E-state index in [4.69, 9.17) is 16.3 Å². The van der Waals surface area contributed by atoms with Crippen molar-refractivity contribution in [2.45, 2.75) is 32.2 Å². The number of hydrogen-bond donors (Lipinski definition) is 1. The lowest BCUT2D eigenvalue weighted by molar-refractivity contribution is -0.145. The maximum atomic E-state index is 12.2.